The van der Waals surface area contributed by atoms with Gasteiger partial charge in [0.2, 0.25) is 5.70 Å². The molecule has 3 atom stereocenters. The van der Waals surface area contributed by atoms with Crippen LogP contribution in [0.25, 0.3) is 4.85 Å². The molecule has 0 bridgehead atoms. The number of nitrogens with zero attached hydrogens (tertiary/aromatic N) is 1. The zero-order valence-corrected chi connectivity index (χ0v) is 22.2. The molecule has 0 amide bonds. The molecule has 1 aliphatic carbocycles. The van der Waals surface area contributed by atoms with Gasteiger partial charge in [0.05, 0.1) is 12.2 Å². The number of Topliss-reactive ketones (excluding diaryl/α,β-unsaturated/α-hetero) is 2. The van der Waals surface area contributed by atoms with Crippen molar-refractivity contribution in [1.82, 2.24) is 0 Å². The average Bonchev–Trinajstić information content (AvgIpc) is 2.72. The van der Waals surface area contributed by atoms with Crippen molar-refractivity contribution < 1.29 is 14.7 Å². The van der Waals surface area contributed by atoms with Crippen LogP contribution in [0.1, 0.15) is 119 Å². The molecule has 1 aliphatic rings. The van der Waals surface area contributed by atoms with Crippen LogP contribution in [-0.2, 0) is 9.59 Å². The monoisotopic (exact) mass is 457 g/mol. The topological polar surface area (TPSA) is 58.7 Å². The smallest absolute Gasteiger partial charge is 0.240 e. The van der Waals surface area contributed by atoms with Gasteiger partial charge in [0.15, 0.2) is 11.6 Å². The highest BCUT2D eigenvalue weighted by atomic mass is 16.3. The first kappa shape index (κ1) is 29.3. The van der Waals surface area contributed by atoms with Gasteiger partial charge in [-0.15, -0.1) is 0 Å². The predicted molar refractivity (Wildman–Crippen MR) is 137 cm³/mol. The second-order valence-corrected chi connectivity index (χ2v) is 11.2. The van der Waals surface area contributed by atoms with Crippen molar-refractivity contribution in [1.29, 1.82) is 0 Å². The molecule has 186 valence electrons. The van der Waals surface area contributed by atoms with Gasteiger partial charge in [0, 0.05) is 11.1 Å². The van der Waals surface area contributed by atoms with Gasteiger partial charge in [-0.25, -0.2) is 4.85 Å². The summed E-state index contributed by atoms with van der Waals surface area (Å²) in [6, 6.07) is 0. The third-order valence-corrected chi connectivity index (χ3v) is 7.29. The third kappa shape index (κ3) is 9.97. The molecular weight excluding hydrogens is 410 g/mol. The van der Waals surface area contributed by atoms with Gasteiger partial charge in [0.1, 0.15) is 0 Å². The van der Waals surface area contributed by atoms with Gasteiger partial charge < -0.3 is 9.90 Å². The summed E-state index contributed by atoms with van der Waals surface area (Å²) >= 11 is 0. The molecule has 0 aromatic rings. The Morgan fingerprint density at radius 2 is 1.33 bits per heavy atom. The molecule has 0 radical (unpaired) electrons. The van der Waals surface area contributed by atoms with Crippen LogP contribution in [-0.4, -0.2) is 22.3 Å². The summed E-state index contributed by atoms with van der Waals surface area (Å²) < 4.78 is 0. The van der Waals surface area contributed by atoms with E-state index in [-0.39, 0.29) is 22.8 Å². The van der Waals surface area contributed by atoms with Crippen LogP contribution >= 0.6 is 0 Å². The molecule has 1 N–H and O–H groups in total. The van der Waals surface area contributed by atoms with Crippen molar-refractivity contribution in [2.24, 2.45) is 17.8 Å². The lowest BCUT2D eigenvalue weighted by molar-refractivity contribution is -0.116. The van der Waals surface area contributed by atoms with E-state index in [9.17, 15) is 14.7 Å². The summed E-state index contributed by atoms with van der Waals surface area (Å²) in [5, 5.41) is 10.9. The van der Waals surface area contributed by atoms with E-state index in [4.69, 9.17) is 6.57 Å². The molecule has 4 heteroatoms. The highest BCUT2D eigenvalue weighted by Crippen LogP contribution is 2.31. The molecule has 0 fully saturated rings. The fourth-order valence-electron chi connectivity index (χ4n) is 4.75. The number of carbonyl (C=O) groups is 2. The standard InChI is InChI=1S/C29H47NO3/c1-20(2)12-9-13-21(3)14-10-15-22(4)16-11-18-29(7,33)19-17-25-23(5)28(32)26(30-8)24(6)27(25)31/h20-22,33H,9-19H2,1-7H3. The van der Waals surface area contributed by atoms with Gasteiger partial charge in [-0.3, -0.25) is 4.79 Å². The van der Waals surface area contributed by atoms with E-state index in [0.717, 1.165) is 24.7 Å². The lowest BCUT2D eigenvalue weighted by atomic mass is 9.83. The van der Waals surface area contributed by atoms with Crippen molar-refractivity contribution in [2.75, 3.05) is 0 Å². The SMILES string of the molecule is [C-]#[N+]C1=C(C)C(=O)C(CCC(C)(O)CCCC(C)CCCC(C)CCCC(C)C)=C(C)C1=O. The Hall–Kier alpha value is -1.73. The molecule has 1 rings (SSSR count). The first-order chi connectivity index (χ1) is 15.4. The fraction of sp³-hybridized carbons (Fsp3) is 0.759. The Balaban J connectivity index is 2.37. The van der Waals surface area contributed by atoms with Gasteiger partial charge in [-0.05, 0) is 63.4 Å². The molecular formula is C29H47NO3. The number of ketones is 2. The second kappa shape index (κ2) is 13.9. The first-order valence-electron chi connectivity index (χ1n) is 13.0. The van der Waals surface area contributed by atoms with Gasteiger partial charge in [-0.2, -0.15) is 0 Å². The van der Waals surface area contributed by atoms with E-state index >= 15 is 0 Å². The number of aliphatic hydroxyl groups is 1. The van der Waals surface area contributed by atoms with Crippen LogP contribution in [0.15, 0.2) is 22.4 Å². The predicted octanol–water partition coefficient (Wildman–Crippen LogP) is 7.62. The fourth-order valence-corrected chi connectivity index (χ4v) is 4.75. The van der Waals surface area contributed by atoms with Crippen LogP contribution in [0.3, 0.4) is 0 Å². The van der Waals surface area contributed by atoms with Gasteiger partial charge in [0.25, 0.3) is 0 Å². The molecule has 3 unspecified atom stereocenters. The molecule has 0 heterocycles. The number of allylic oxidation sites excluding steroid dienone is 3. The van der Waals surface area contributed by atoms with E-state index in [1.807, 2.05) is 6.92 Å². The van der Waals surface area contributed by atoms with Crippen LogP contribution in [0.4, 0.5) is 0 Å². The maximum atomic E-state index is 12.6. The lowest BCUT2D eigenvalue weighted by Crippen LogP contribution is -2.27. The van der Waals surface area contributed by atoms with Crippen LogP contribution in [0.2, 0.25) is 0 Å². The minimum Gasteiger partial charge on any atom is -0.390 e. The van der Waals surface area contributed by atoms with Crippen molar-refractivity contribution in [2.45, 2.75) is 125 Å². The zero-order chi connectivity index (χ0) is 25.2. The summed E-state index contributed by atoms with van der Waals surface area (Å²) in [5.74, 6) is 1.71. The molecule has 0 spiro atoms. The third-order valence-electron chi connectivity index (χ3n) is 7.29. The maximum absolute atomic E-state index is 12.6. The van der Waals surface area contributed by atoms with E-state index in [1.165, 1.54) is 38.5 Å². The Morgan fingerprint density at radius 3 is 1.85 bits per heavy atom. The van der Waals surface area contributed by atoms with E-state index < -0.39 is 5.60 Å². The summed E-state index contributed by atoms with van der Waals surface area (Å²) in [4.78, 5) is 28.2. The average molecular weight is 458 g/mol. The largest absolute Gasteiger partial charge is 0.390 e. The molecule has 0 aliphatic heterocycles. The highest BCUT2D eigenvalue weighted by molar-refractivity contribution is 6.25. The number of hydrogen-bond donors (Lipinski definition) is 1. The molecule has 0 aromatic heterocycles. The van der Waals surface area contributed by atoms with E-state index in [0.29, 0.717) is 36.3 Å². The molecule has 33 heavy (non-hydrogen) atoms. The molecule has 4 nitrogen and oxygen atoms in total. The van der Waals surface area contributed by atoms with E-state index in [2.05, 4.69) is 32.5 Å². The first-order valence-corrected chi connectivity index (χ1v) is 13.0. The number of rotatable bonds is 15. The zero-order valence-electron chi connectivity index (χ0n) is 22.2. The van der Waals surface area contributed by atoms with Crippen molar-refractivity contribution in [3.05, 3.63) is 33.8 Å². The number of hydrogen-bond acceptors (Lipinski definition) is 3. The van der Waals surface area contributed by atoms with Crippen LogP contribution in [0.5, 0.6) is 0 Å². The van der Waals surface area contributed by atoms with E-state index in [1.54, 1.807) is 13.8 Å². The van der Waals surface area contributed by atoms with Crippen molar-refractivity contribution >= 4 is 11.6 Å². The van der Waals surface area contributed by atoms with Gasteiger partial charge >= 0.3 is 0 Å². The Morgan fingerprint density at radius 1 is 0.818 bits per heavy atom. The summed E-state index contributed by atoms with van der Waals surface area (Å²) in [7, 11) is 0. The Bertz CT molecular complexity index is 779. The summed E-state index contributed by atoms with van der Waals surface area (Å²) in [6.45, 7) is 21.4. The minimum atomic E-state index is -0.862. The van der Waals surface area contributed by atoms with Crippen molar-refractivity contribution in [3.63, 3.8) is 0 Å². The number of carbonyl (C=O) groups excluding carboxylic acids is 2. The molecule has 0 aromatic carbocycles. The Labute approximate surface area is 202 Å². The Kier molecular flexibility index (Phi) is 12.3. The molecule has 0 saturated heterocycles. The maximum Gasteiger partial charge on any atom is 0.240 e. The van der Waals surface area contributed by atoms with Crippen LogP contribution < -0.4 is 0 Å². The van der Waals surface area contributed by atoms with Gasteiger partial charge in [-0.1, -0.05) is 79.1 Å². The summed E-state index contributed by atoms with van der Waals surface area (Å²) in [5.41, 5.74) is 0.129. The van der Waals surface area contributed by atoms with Crippen LogP contribution in [0, 0.1) is 24.3 Å². The highest BCUT2D eigenvalue weighted by Gasteiger charge is 2.31. The van der Waals surface area contributed by atoms with Crippen molar-refractivity contribution in [3.8, 4) is 0 Å². The quantitative estimate of drug-likeness (QED) is 0.203. The molecule has 0 saturated carbocycles. The lowest BCUT2D eigenvalue weighted by Gasteiger charge is -2.26. The normalized spacial score (nSPS) is 18.5. The minimum absolute atomic E-state index is 0.0630. The summed E-state index contributed by atoms with van der Waals surface area (Å²) in [6.07, 6.45) is 11.4. The second-order valence-electron chi connectivity index (χ2n) is 11.2.